The lowest BCUT2D eigenvalue weighted by molar-refractivity contribution is 0.332. The molecule has 0 unspecified atom stereocenters. The molecule has 0 aliphatic carbocycles. The van der Waals surface area contributed by atoms with Crippen LogP contribution < -0.4 is 25.3 Å². The topological polar surface area (TPSA) is 78.1 Å². The molecule has 0 heterocycles. The number of nitrogens with zero attached hydrogens (tertiary/aromatic N) is 1. The van der Waals surface area contributed by atoms with Crippen LogP contribution >= 0.6 is 0 Å². The van der Waals surface area contributed by atoms with Crippen molar-refractivity contribution in [3.63, 3.8) is 0 Å². The molecule has 2 rings (SSSR count). The second-order valence-electron chi connectivity index (χ2n) is 5.43. The number of guanidine groups is 1. The van der Waals surface area contributed by atoms with E-state index in [1.807, 2.05) is 63.2 Å². The Balaban J connectivity index is 2.09. The van der Waals surface area contributed by atoms with Crippen molar-refractivity contribution >= 4 is 11.6 Å². The molecular formula is C20H27N3O3. The second-order valence-corrected chi connectivity index (χ2v) is 5.43. The lowest BCUT2D eigenvalue weighted by Crippen LogP contribution is -2.23. The minimum absolute atomic E-state index is 0.307. The quantitative estimate of drug-likeness (QED) is 0.527. The van der Waals surface area contributed by atoms with Crippen LogP contribution in [0.15, 0.2) is 47.5 Å². The smallest absolute Gasteiger partial charge is 0.193 e. The molecule has 0 fully saturated rings. The maximum absolute atomic E-state index is 6.05. The predicted octanol–water partition coefficient (Wildman–Crippen LogP) is 3.81. The highest BCUT2D eigenvalue weighted by Gasteiger charge is 2.07. The first-order valence-electron chi connectivity index (χ1n) is 8.84. The zero-order valence-corrected chi connectivity index (χ0v) is 15.6. The normalized spacial score (nSPS) is 11.1. The first-order valence-corrected chi connectivity index (χ1v) is 8.84. The van der Waals surface area contributed by atoms with Gasteiger partial charge in [0.25, 0.3) is 0 Å². The Labute approximate surface area is 155 Å². The number of nitrogens with two attached hydrogens (primary N) is 1. The molecule has 0 amide bonds. The Bertz CT molecular complexity index is 732. The molecule has 0 aromatic heterocycles. The van der Waals surface area contributed by atoms with E-state index in [1.165, 1.54) is 0 Å². The summed E-state index contributed by atoms with van der Waals surface area (Å²) >= 11 is 0. The molecule has 140 valence electrons. The minimum atomic E-state index is 0.307. The fraction of sp³-hybridized carbons (Fsp3) is 0.350. The molecule has 0 radical (unpaired) electrons. The van der Waals surface area contributed by atoms with Crippen LogP contribution in [0.2, 0.25) is 0 Å². The average molecular weight is 357 g/mol. The van der Waals surface area contributed by atoms with E-state index in [4.69, 9.17) is 19.9 Å². The molecule has 0 aliphatic heterocycles. The van der Waals surface area contributed by atoms with Crippen LogP contribution in [-0.2, 0) is 6.54 Å². The van der Waals surface area contributed by atoms with Crippen LogP contribution in [0.4, 0.5) is 5.69 Å². The van der Waals surface area contributed by atoms with Gasteiger partial charge in [-0.3, -0.25) is 0 Å². The lowest BCUT2D eigenvalue weighted by Gasteiger charge is -2.14. The van der Waals surface area contributed by atoms with E-state index in [0.717, 1.165) is 22.7 Å². The first kappa shape index (κ1) is 19.4. The molecule has 2 aromatic carbocycles. The maximum atomic E-state index is 6.05. The largest absolute Gasteiger partial charge is 0.494 e. The fourth-order valence-corrected chi connectivity index (χ4v) is 2.40. The number of hydrogen-bond donors (Lipinski definition) is 2. The Morgan fingerprint density at radius 1 is 0.923 bits per heavy atom. The summed E-state index contributed by atoms with van der Waals surface area (Å²) in [6.45, 7) is 8.07. The van der Waals surface area contributed by atoms with Gasteiger partial charge < -0.3 is 25.3 Å². The van der Waals surface area contributed by atoms with E-state index in [2.05, 4.69) is 10.3 Å². The molecule has 3 N–H and O–H groups in total. The second kappa shape index (κ2) is 10.2. The Kier molecular flexibility index (Phi) is 7.61. The van der Waals surface area contributed by atoms with Crippen molar-refractivity contribution in [2.24, 2.45) is 10.7 Å². The van der Waals surface area contributed by atoms with Crippen molar-refractivity contribution in [1.82, 2.24) is 0 Å². The van der Waals surface area contributed by atoms with E-state index in [1.54, 1.807) is 0 Å². The van der Waals surface area contributed by atoms with Crippen molar-refractivity contribution in [2.45, 2.75) is 27.3 Å². The zero-order valence-electron chi connectivity index (χ0n) is 15.6. The molecule has 0 saturated heterocycles. The number of hydrogen-bond acceptors (Lipinski definition) is 4. The first-order chi connectivity index (χ1) is 12.7. The highest BCUT2D eigenvalue weighted by Crippen LogP contribution is 2.29. The van der Waals surface area contributed by atoms with Crippen LogP contribution in [0.5, 0.6) is 17.2 Å². The van der Waals surface area contributed by atoms with Gasteiger partial charge in [0.2, 0.25) is 0 Å². The fourth-order valence-electron chi connectivity index (χ4n) is 2.40. The van der Waals surface area contributed by atoms with Gasteiger partial charge in [-0.25, -0.2) is 4.99 Å². The van der Waals surface area contributed by atoms with Gasteiger partial charge in [0.05, 0.1) is 32.1 Å². The van der Waals surface area contributed by atoms with Crippen molar-refractivity contribution < 1.29 is 14.2 Å². The molecule has 0 aliphatic rings. The van der Waals surface area contributed by atoms with E-state index in [-0.39, 0.29) is 0 Å². The molecule has 0 atom stereocenters. The van der Waals surface area contributed by atoms with Gasteiger partial charge in [-0.05, 0) is 50.6 Å². The van der Waals surface area contributed by atoms with Gasteiger partial charge in [-0.2, -0.15) is 0 Å². The van der Waals surface area contributed by atoms with Gasteiger partial charge in [-0.15, -0.1) is 0 Å². The number of benzene rings is 2. The number of rotatable bonds is 9. The van der Waals surface area contributed by atoms with Gasteiger partial charge in [0.15, 0.2) is 5.96 Å². The summed E-state index contributed by atoms with van der Waals surface area (Å²) in [5.41, 5.74) is 7.80. The van der Waals surface area contributed by atoms with Crippen molar-refractivity contribution in [3.05, 3.63) is 48.0 Å². The molecule has 0 saturated carbocycles. The zero-order chi connectivity index (χ0) is 18.8. The summed E-state index contributed by atoms with van der Waals surface area (Å²) in [6, 6.07) is 13.4. The summed E-state index contributed by atoms with van der Waals surface area (Å²) in [5, 5.41) is 3.10. The number of ether oxygens (including phenoxy) is 3. The lowest BCUT2D eigenvalue weighted by atomic mass is 10.2. The highest BCUT2D eigenvalue weighted by molar-refractivity contribution is 5.94. The van der Waals surface area contributed by atoms with Gasteiger partial charge in [0.1, 0.15) is 17.2 Å². The summed E-state index contributed by atoms with van der Waals surface area (Å²) in [6.07, 6.45) is 0. The maximum Gasteiger partial charge on any atom is 0.193 e. The standard InChI is InChI=1S/C20H27N3O3/c1-4-24-16-9-7-8-15(12-16)14-22-20(21)23-18-13-17(25-5-2)10-11-19(18)26-6-3/h7-13H,4-6,14H2,1-3H3,(H3,21,22,23). The average Bonchev–Trinajstić information content (AvgIpc) is 2.63. The molecular weight excluding hydrogens is 330 g/mol. The monoisotopic (exact) mass is 357 g/mol. The Morgan fingerprint density at radius 2 is 1.62 bits per heavy atom. The summed E-state index contributed by atoms with van der Waals surface area (Å²) in [5.74, 6) is 2.58. The van der Waals surface area contributed by atoms with E-state index >= 15 is 0 Å². The van der Waals surface area contributed by atoms with Crippen LogP contribution in [0.25, 0.3) is 0 Å². The summed E-state index contributed by atoms with van der Waals surface area (Å²) < 4.78 is 16.7. The molecule has 6 heteroatoms. The summed E-state index contributed by atoms with van der Waals surface area (Å²) in [7, 11) is 0. The molecule has 2 aromatic rings. The van der Waals surface area contributed by atoms with Crippen molar-refractivity contribution in [3.8, 4) is 17.2 Å². The summed E-state index contributed by atoms with van der Waals surface area (Å²) in [4.78, 5) is 4.40. The Morgan fingerprint density at radius 3 is 2.31 bits per heavy atom. The molecule has 0 bridgehead atoms. The van der Waals surface area contributed by atoms with Crippen molar-refractivity contribution in [2.75, 3.05) is 25.1 Å². The van der Waals surface area contributed by atoms with Crippen LogP contribution in [-0.4, -0.2) is 25.8 Å². The molecule has 6 nitrogen and oxygen atoms in total. The third-order valence-corrected chi connectivity index (χ3v) is 3.47. The minimum Gasteiger partial charge on any atom is -0.494 e. The van der Waals surface area contributed by atoms with Gasteiger partial charge >= 0.3 is 0 Å². The van der Waals surface area contributed by atoms with Crippen LogP contribution in [0, 0.1) is 0 Å². The van der Waals surface area contributed by atoms with Crippen molar-refractivity contribution in [1.29, 1.82) is 0 Å². The number of aliphatic imine (C=N–C) groups is 1. The van der Waals surface area contributed by atoms with E-state index in [0.29, 0.717) is 38.1 Å². The van der Waals surface area contributed by atoms with Gasteiger partial charge in [-0.1, -0.05) is 12.1 Å². The van der Waals surface area contributed by atoms with E-state index < -0.39 is 0 Å². The third-order valence-electron chi connectivity index (χ3n) is 3.47. The predicted molar refractivity (Wildman–Crippen MR) is 105 cm³/mol. The SMILES string of the molecule is CCOc1cccc(CN=C(N)Nc2cc(OCC)ccc2OCC)c1. The third kappa shape index (κ3) is 5.88. The number of nitrogens with one attached hydrogen (secondary N) is 1. The van der Waals surface area contributed by atoms with Gasteiger partial charge in [0, 0.05) is 6.07 Å². The van der Waals surface area contributed by atoms with E-state index in [9.17, 15) is 0 Å². The molecule has 26 heavy (non-hydrogen) atoms. The van der Waals surface area contributed by atoms with Crippen LogP contribution in [0.3, 0.4) is 0 Å². The Hall–Kier alpha value is -2.89. The molecule has 0 spiro atoms. The van der Waals surface area contributed by atoms with Crippen LogP contribution in [0.1, 0.15) is 26.3 Å². The highest BCUT2D eigenvalue weighted by atomic mass is 16.5. The number of anilines is 1.